The zero-order valence-electron chi connectivity index (χ0n) is 13.3. The summed E-state index contributed by atoms with van der Waals surface area (Å²) in [6.07, 6.45) is 2.40. The molecule has 0 heterocycles. The van der Waals surface area contributed by atoms with Crippen LogP contribution in [0.25, 0.3) is 0 Å². The summed E-state index contributed by atoms with van der Waals surface area (Å²) in [6.45, 7) is 0.423. The van der Waals surface area contributed by atoms with Crippen molar-refractivity contribution in [2.45, 2.75) is 31.8 Å². The summed E-state index contributed by atoms with van der Waals surface area (Å²) >= 11 is 0. The van der Waals surface area contributed by atoms with Gasteiger partial charge < -0.3 is 19.5 Å². The van der Waals surface area contributed by atoms with Gasteiger partial charge in [0.15, 0.2) is 0 Å². The third kappa shape index (κ3) is 3.25. The number of carboxylic acids is 1. The van der Waals surface area contributed by atoms with Gasteiger partial charge in [0.1, 0.15) is 11.5 Å². The lowest BCUT2D eigenvalue weighted by molar-refractivity contribution is -0.142. The number of hydrogen-bond acceptors (Lipinski definition) is 4. The molecule has 2 unspecified atom stereocenters. The number of benzene rings is 1. The molecule has 1 aromatic carbocycles. The minimum Gasteiger partial charge on any atom is -0.497 e. The van der Waals surface area contributed by atoms with Crippen molar-refractivity contribution in [1.82, 2.24) is 4.90 Å². The Bertz CT molecular complexity index is 625. The van der Waals surface area contributed by atoms with Crippen molar-refractivity contribution in [2.24, 2.45) is 11.8 Å². The lowest BCUT2D eigenvalue weighted by Gasteiger charge is -2.24. The van der Waals surface area contributed by atoms with E-state index in [-0.39, 0.29) is 17.9 Å². The second-order valence-corrected chi connectivity index (χ2v) is 6.16. The van der Waals surface area contributed by atoms with Crippen LogP contribution in [0.2, 0.25) is 0 Å². The maximum atomic E-state index is 12.7. The van der Waals surface area contributed by atoms with E-state index in [1.807, 2.05) is 23.1 Å². The monoisotopic (exact) mass is 319 g/mol. The molecule has 3 rings (SSSR count). The van der Waals surface area contributed by atoms with Crippen molar-refractivity contribution in [2.75, 3.05) is 14.2 Å². The van der Waals surface area contributed by atoms with Gasteiger partial charge in [-0.2, -0.15) is 0 Å². The molecular weight excluding hydrogens is 298 g/mol. The molecule has 1 aromatic rings. The molecule has 124 valence electrons. The van der Waals surface area contributed by atoms with Gasteiger partial charge in [0.25, 0.3) is 0 Å². The predicted octanol–water partition coefficient (Wildman–Crippen LogP) is 1.92. The molecule has 23 heavy (non-hydrogen) atoms. The van der Waals surface area contributed by atoms with E-state index in [0.29, 0.717) is 24.5 Å². The number of amides is 1. The molecule has 0 spiro atoms. The van der Waals surface area contributed by atoms with Crippen LogP contribution in [0.5, 0.6) is 11.5 Å². The number of hydrogen-bond donors (Lipinski definition) is 1. The lowest BCUT2D eigenvalue weighted by atomic mass is 10.1. The first kappa shape index (κ1) is 15.6. The molecule has 0 saturated heterocycles. The summed E-state index contributed by atoms with van der Waals surface area (Å²) in [5, 5.41) is 9.04. The van der Waals surface area contributed by atoms with E-state index >= 15 is 0 Å². The number of methoxy groups -OCH3 is 2. The Labute approximate surface area is 135 Å². The van der Waals surface area contributed by atoms with E-state index in [0.717, 1.165) is 18.4 Å². The number of nitrogens with zero attached hydrogens (tertiary/aromatic N) is 1. The summed E-state index contributed by atoms with van der Waals surface area (Å²) in [5.74, 6) is -0.405. The van der Waals surface area contributed by atoms with Crippen molar-refractivity contribution >= 4 is 11.9 Å². The SMILES string of the molecule is COc1ccc(OC)c(CN(C(=O)C2CC2C(=O)O)C2CC2)c1. The normalized spacial score (nSPS) is 22.3. The average molecular weight is 319 g/mol. The van der Waals surface area contributed by atoms with Gasteiger partial charge >= 0.3 is 5.97 Å². The molecule has 1 N–H and O–H groups in total. The van der Waals surface area contributed by atoms with Gasteiger partial charge in [-0.3, -0.25) is 9.59 Å². The molecule has 2 fully saturated rings. The molecule has 0 aliphatic heterocycles. The number of carbonyl (C=O) groups excluding carboxylic acids is 1. The summed E-state index contributed by atoms with van der Waals surface area (Å²) in [4.78, 5) is 25.5. The number of rotatable bonds is 7. The molecule has 2 aliphatic carbocycles. The number of carbonyl (C=O) groups is 2. The van der Waals surface area contributed by atoms with Crippen LogP contribution in [-0.4, -0.2) is 42.1 Å². The van der Waals surface area contributed by atoms with Crippen molar-refractivity contribution in [3.63, 3.8) is 0 Å². The Kier molecular flexibility index (Phi) is 4.15. The maximum absolute atomic E-state index is 12.7. The Morgan fingerprint density at radius 3 is 2.48 bits per heavy atom. The molecule has 6 nitrogen and oxygen atoms in total. The Morgan fingerprint density at radius 2 is 1.96 bits per heavy atom. The fourth-order valence-corrected chi connectivity index (χ4v) is 2.92. The van der Waals surface area contributed by atoms with Gasteiger partial charge in [0.05, 0.1) is 26.1 Å². The highest BCUT2D eigenvalue weighted by Gasteiger charge is 2.51. The largest absolute Gasteiger partial charge is 0.497 e. The third-order valence-electron chi connectivity index (χ3n) is 4.52. The van der Waals surface area contributed by atoms with E-state index in [2.05, 4.69) is 0 Å². The van der Waals surface area contributed by atoms with Gasteiger partial charge in [-0.15, -0.1) is 0 Å². The van der Waals surface area contributed by atoms with E-state index in [1.54, 1.807) is 14.2 Å². The van der Waals surface area contributed by atoms with E-state index < -0.39 is 11.9 Å². The molecule has 2 atom stereocenters. The first-order valence-corrected chi connectivity index (χ1v) is 7.79. The van der Waals surface area contributed by atoms with Gasteiger partial charge in [0.2, 0.25) is 5.91 Å². The first-order valence-electron chi connectivity index (χ1n) is 7.79. The van der Waals surface area contributed by atoms with Crippen LogP contribution in [0.15, 0.2) is 18.2 Å². The minimum absolute atomic E-state index is 0.0511. The first-order chi connectivity index (χ1) is 11.0. The van der Waals surface area contributed by atoms with Gasteiger partial charge in [-0.05, 0) is 37.5 Å². The highest BCUT2D eigenvalue weighted by molar-refractivity contribution is 5.89. The van der Waals surface area contributed by atoms with Crippen LogP contribution < -0.4 is 9.47 Å². The Morgan fingerprint density at radius 1 is 1.22 bits per heavy atom. The van der Waals surface area contributed by atoms with Gasteiger partial charge in [0, 0.05) is 18.2 Å². The van der Waals surface area contributed by atoms with Crippen LogP contribution in [-0.2, 0) is 16.1 Å². The van der Waals surface area contributed by atoms with Crippen LogP contribution in [0.4, 0.5) is 0 Å². The van der Waals surface area contributed by atoms with Gasteiger partial charge in [-0.25, -0.2) is 0 Å². The van der Waals surface area contributed by atoms with Crippen LogP contribution in [0.3, 0.4) is 0 Å². The average Bonchev–Trinajstić information content (AvgIpc) is 3.43. The number of ether oxygens (including phenoxy) is 2. The zero-order chi connectivity index (χ0) is 16.6. The van der Waals surface area contributed by atoms with Crippen LogP contribution in [0.1, 0.15) is 24.8 Å². The molecule has 0 aromatic heterocycles. The predicted molar refractivity (Wildman–Crippen MR) is 82.4 cm³/mol. The topological polar surface area (TPSA) is 76.1 Å². The quantitative estimate of drug-likeness (QED) is 0.831. The molecule has 2 aliphatic rings. The van der Waals surface area contributed by atoms with E-state index in [9.17, 15) is 9.59 Å². The summed E-state index contributed by atoms with van der Waals surface area (Å²) < 4.78 is 10.6. The third-order valence-corrected chi connectivity index (χ3v) is 4.52. The van der Waals surface area contributed by atoms with Crippen molar-refractivity contribution in [3.05, 3.63) is 23.8 Å². The van der Waals surface area contributed by atoms with E-state index in [4.69, 9.17) is 14.6 Å². The fourth-order valence-electron chi connectivity index (χ4n) is 2.92. The molecule has 0 bridgehead atoms. The summed E-state index contributed by atoms with van der Waals surface area (Å²) in [5.41, 5.74) is 0.875. The summed E-state index contributed by atoms with van der Waals surface area (Å²) in [7, 11) is 3.19. The molecule has 0 radical (unpaired) electrons. The maximum Gasteiger partial charge on any atom is 0.307 e. The van der Waals surface area contributed by atoms with Crippen molar-refractivity contribution in [1.29, 1.82) is 0 Å². The smallest absolute Gasteiger partial charge is 0.307 e. The molecule has 6 heteroatoms. The second-order valence-electron chi connectivity index (χ2n) is 6.16. The lowest BCUT2D eigenvalue weighted by Crippen LogP contribution is -2.34. The minimum atomic E-state index is -0.877. The molecule has 1 amide bonds. The highest BCUT2D eigenvalue weighted by atomic mass is 16.5. The van der Waals surface area contributed by atoms with Gasteiger partial charge in [-0.1, -0.05) is 0 Å². The molecule has 2 saturated carbocycles. The van der Waals surface area contributed by atoms with Crippen molar-refractivity contribution < 1.29 is 24.2 Å². The van der Waals surface area contributed by atoms with Crippen LogP contribution >= 0.6 is 0 Å². The summed E-state index contributed by atoms with van der Waals surface area (Å²) in [6, 6.07) is 5.71. The zero-order valence-corrected chi connectivity index (χ0v) is 13.3. The van der Waals surface area contributed by atoms with Crippen molar-refractivity contribution in [3.8, 4) is 11.5 Å². The van der Waals surface area contributed by atoms with E-state index in [1.165, 1.54) is 0 Å². The standard InChI is InChI=1S/C17H21NO5/c1-22-12-5-6-15(23-2)10(7-12)9-18(11-3-4-11)16(19)13-8-14(13)17(20)21/h5-7,11,13-14H,3-4,8-9H2,1-2H3,(H,20,21). The number of aliphatic carboxylic acids is 1. The number of carboxylic acid groups (broad SMARTS) is 1. The second kappa shape index (κ2) is 6.10. The fraction of sp³-hybridized carbons (Fsp3) is 0.529. The molecular formula is C17H21NO5. The van der Waals surface area contributed by atoms with Crippen LogP contribution in [0, 0.1) is 11.8 Å². The highest BCUT2D eigenvalue weighted by Crippen LogP contribution is 2.43. The Balaban J connectivity index is 1.78. The Hall–Kier alpha value is -2.24.